The Balaban J connectivity index is 1.88. The van der Waals surface area contributed by atoms with Crippen molar-refractivity contribution >= 4 is 17.2 Å². The van der Waals surface area contributed by atoms with Gasteiger partial charge in [0.1, 0.15) is 9.88 Å². The van der Waals surface area contributed by atoms with Crippen LogP contribution in [0.1, 0.15) is 21.1 Å². The first kappa shape index (κ1) is 17.1. The third-order valence-corrected chi connectivity index (χ3v) is 4.38. The lowest BCUT2D eigenvalue weighted by Gasteiger charge is -2.07. The molecule has 0 saturated carbocycles. The van der Waals surface area contributed by atoms with Crippen LogP contribution in [0.3, 0.4) is 0 Å². The van der Waals surface area contributed by atoms with Crippen molar-refractivity contribution in [3.05, 3.63) is 71.0 Å². The zero-order chi connectivity index (χ0) is 17.9. The summed E-state index contributed by atoms with van der Waals surface area (Å²) in [5.41, 5.74) is -0.0890. The van der Waals surface area contributed by atoms with E-state index in [4.69, 9.17) is 0 Å². The van der Waals surface area contributed by atoms with Crippen LogP contribution in [0, 0.1) is 0 Å². The number of nitrogens with one attached hydrogen (secondary N) is 1. The van der Waals surface area contributed by atoms with E-state index in [0.717, 1.165) is 11.3 Å². The summed E-state index contributed by atoms with van der Waals surface area (Å²) in [6.07, 6.45) is -3.16. The molecule has 0 aliphatic rings. The summed E-state index contributed by atoms with van der Waals surface area (Å²) in [6, 6.07) is 13.6. The molecular formula is C17H12F3N3OS. The molecule has 0 unspecified atom stereocenters. The Bertz CT molecular complexity index is 864. The topological polar surface area (TPSA) is 54.9 Å². The molecule has 25 heavy (non-hydrogen) atoms. The minimum Gasteiger partial charge on any atom is -0.346 e. The number of carbonyl (C=O) groups excluding carboxylic acids is 1. The summed E-state index contributed by atoms with van der Waals surface area (Å²) >= 11 is 0.719. The number of halogens is 3. The zero-order valence-electron chi connectivity index (χ0n) is 12.7. The highest BCUT2D eigenvalue weighted by Crippen LogP contribution is 2.37. The fraction of sp³-hybridized carbons (Fsp3) is 0.118. The van der Waals surface area contributed by atoms with Crippen molar-refractivity contribution in [3.63, 3.8) is 0 Å². The van der Waals surface area contributed by atoms with Crippen LogP contribution in [0.4, 0.5) is 13.2 Å². The van der Waals surface area contributed by atoms with Crippen molar-refractivity contribution in [1.82, 2.24) is 15.3 Å². The van der Waals surface area contributed by atoms with Crippen LogP contribution in [0.25, 0.3) is 10.6 Å². The third-order valence-electron chi connectivity index (χ3n) is 3.28. The van der Waals surface area contributed by atoms with E-state index in [9.17, 15) is 18.0 Å². The molecule has 2 aromatic heterocycles. The van der Waals surface area contributed by atoms with E-state index in [0.29, 0.717) is 11.3 Å². The van der Waals surface area contributed by atoms with E-state index in [2.05, 4.69) is 15.3 Å². The Hall–Kier alpha value is -2.74. The average Bonchev–Trinajstić information content (AvgIpc) is 3.07. The highest BCUT2D eigenvalue weighted by atomic mass is 32.1. The van der Waals surface area contributed by atoms with Gasteiger partial charge < -0.3 is 5.32 Å². The normalized spacial score (nSPS) is 11.3. The molecule has 128 valence electrons. The third kappa shape index (κ3) is 4.03. The molecular weight excluding hydrogens is 351 g/mol. The number of hydrogen-bond acceptors (Lipinski definition) is 4. The number of benzene rings is 1. The number of thiazole rings is 1. The van der Waals surface area contributed by atoms with Gasteiger partial charge in [-0.25, -0.2) is 4.98 Å². The molecule has 0 spiro atoms. The highest BCUT2D eigenvalue weighted by Gasteiger charge is 2.39. The van der Waals surface area contributed by atoms with E-state index in [1.54, 1.807) is 54.7 Å². The SMILES string of the molecule is O=C(NCc1ccccn1)c1sc(-c2ccccc2)nc1C(F)(F)F. The number of aromatic nitrogens is 2. The Morgan fingerprint density at radius 2 is 1.80 bits per heavy atom. The number of pyridine rings is 1. The van der Waals surface area contributed by atoms with Gasteiger partial charge in [0.05, 0.1) is 12.2 Å². The summed E-state index contributed by atoms with van der Waals surface area (Å²) in [5.74, 6) is -0.822. The molecule has 3 aromatic rings. The second-order valence-electron chi connectivity index (χ2n) is 5.06. The van der Waals surface area contributed by atoms with Crippen molar-refractivity contribution in [2.75, 3.05) is 0 Å². The van der Waals surface area contributed by atoms with E-state index < -0.39 is 22.7 Å². The quantitative estimate of drug-likeness (QED) is 0.757. The molecule has 0 aliphatic heterocycles. The Morgan fingerprint density at radius 3 is 2.44 bits per heavy atom. The zero-order valence-corrected chi connectivity index (χ0v) is 13.6. The maximum absolute atomic E-state index is 13.3. The number of nitrogens with zero attached hydrogens (tertiary/aromatic N) is 2. The summed E-state index contributed by atoms with van der Waals surface area (Å²) < 4.78 is 39.8. The molecule has 0 aliphatic carbocycles. The molecule has 0 saturated heterocycles. The summed E-state index contributed by atoms with van der Waals surface area (Å²) in [6.45, 7) is 0.0372. The molecule has 0 atom stereocenters. The molecule has 1 amide bonds. The maximum Gasteiger partial charge on any atom is 0.435 e. The van der Waals surface area contributed by atoms with Crippen LogP contribution < -0.4 is 5.32 Å². The second kappa shape index (κ2) is 7.02. The Kier molecular flexibility index (Phi) is 4.80. The van der Waals surface area contributed by atoms with Gasteiger partial charge in [-0.3, -0.25) is 9.78 Å². The largest absolute Gasteiger partial charge is 0.435 e. The lowest BCUT2D eigenvalue weighted by Crippen LogP contribution is -2.25. The lowest BCUT2D eigenvalue weighted by atomic mass is 10.2. The lowest BCUT2D eigenvalue weighted by molar-refractivity contribution is -0.141. The van der Waals surface area contributed by atoms with Crippen LogP contribution in [-0.4, -0.2) is 15.9 Å². The molecule has 1 N–H and O–H groups in total. The molecule has 1 aromatic carbocycles. The van der Waals surface area contributed by atoms with Gasteiger partial charge in [-0.15, -0.1) is 11.3 Å². The number of carbonyl (C=O) groups is 1. The second-order valence-corrected chi connectivity index (χ2v) is 6.06. The molecule has 4 nitrogen and oxygen atoms in total. The first-order chi connectivity index (χ1) is 11.9. The van der Waals surface area contributed by atoms with Crippen molar-refractivity contribution in [3.8, 4) is 10.6 Å². The molecule has 0 fully saturated rings. The first-order valence-electron chi connectivity index (χ1n) is 7.26. The van der Waals surface area contributed by atoms with Gasteiger partial charge in [0, 0.05) is 11.8 Å². The first-order valence-corrected chi connectivity index (χ1v) is 8.08. The summed E-state index contributed by atoms with van der Waals surface area (Å²) in [5, 5.41) is 2.61. The van der Waals surface area contributed by atoms with Crippen LogP contribution in [0.5, 0.6) is 0 Å². The molecule has 0 radical (unpaired) electrons. The molecule has 3 rings (SSSR count). The van der Waals surface area contributed by atoms with Crippen molar-refractivity contribution < 1.29 is 18.0 Å². The fourth-order valence-electron chi connectivity index (χ4n) is 2.12. The van der Waals surface area contributed by atoms with Crippen molar-refractivity contribution in [1.29, 1.82) is 0 Å². The van der Waals surface area contributed by atoms with E-state index in [-0.39, 0.29) is 11.6 Å². The van der Waals surface area contributed by atoms with Gasteiger partial charge in [0.2, 0.25) is 0 Å². The van der Waals surface area contributed by atoms with Crippen molar-refractivity contribution in [2.45, 2.75) is 12.7 Å². The maximum atomic E-state index is 13.3. The molecule has 8 heteroatoms. The van der Waals surface area contributed by atoms with Gasteiger partial charge in [-0.1, -0.05) is 36.4 Å². The van der Waals surface area contributed by atoms with Gasteiger partial charge in [0.15, 0.2) is 5.69 Å². The number of alkyl halides is 3. The van der Waals surface area contributed by atoms with Gasteiger partial charge in [-0.05, 0) is 12.1 Å². The van der Waals surface area contributed by atoms with Gasteiger partial charge in [-0.2, -0.15) is 13.2 Å². The Labute approximate surface area is 145 Å². The minimum atomic E-state index is -4.71. The van der Waals surface area contributed by atoms with Crippen LogP contribution >= 0.6 is 11.3 Å². The number of rotatable bonds is 4. The van der Waals surface area contributed by atoms with E-state index in [1.165, 1.54) is 0 Å². The molecule has 2 heterocycles. The molecule has 0 bridgehead atoms. The predicted octanol–water partition coefficient (Wildman–Crippen LogP) is 4.15. The Morgan fingerprint density at radius 1 is 1.08 bits per heavy atom. The van der Waals surface area contributed by atoms with Gasteiger partial charge >= 0.3 is 6.18 Å². The van der Waals surface area contributed by atoms with Crippen molar-refractivity contribution in [2.24, 2.45) is 0 Å². The number of hydrogen-bond donors (Lipinski definition) is 1. The highest BCUT2D eigenvalue weighted by molar-refractivity contribution is 7.17. The minimum absolute atomic E-state index is 0.0372. The summed E-state index contributed by atoms with van der Waals surface area (Å²) in [7, 11) is 0. The van der Waals surface area contributed by atoms with Crippen LogP contribution in [0.2, 0.25) is 0 Å². The van der Waals surface area contributed by atoms with Gasteiger partial charge in [0.25, 0.3) is 5.91 Å². The van der Waals surface area contributed by atoms with E-state index in [1.807, 2.05) is 0 Å². The fourth-order valence-corrected chi connectivity index (χ4v) is 3.13. The summed E-state index contributed by atoms with van der Waals surface area (Å²) in [4.78, 5) is 19.5. The van der Waals surface area contributed by atoms with E-state index >= 15 is 0 Å². The average molecular weight is 363 g/mol. The predicted molar refractivity (Wildman–Crippen MR) is 88.0 cm³/mol. The van der Waals surface area contributed by atoms with Crippen LogP contribution in [-0.2, 0) is 12.7 Å². The monoisotopic (exact) mass is 363 g/mol. The number of amides is 1. The smallest absolute Gasteiger partial charge is 0.346 e. The van der Waals surface area contributed by atoms with Crippen LogP contribution in [0.15, 0.2) is 54.7 Å². The standard InChI is InChI=1S/C17H12F3N3OS/c18-17(19,20)14-13(15(24)22-10-12-8-4-5-9-21-12)25-16(23-14)11-6-2-1-3-7-11/h1-9H,10H2,(H,22,24).